The van der Waals surface area contributed by atoms with Crippen LogP contribution < -0.4 is 0 Å². The van der Waals surface area contributed by atoms with E-state index in [0.717, 1.165) is 6.42 Å². The largest absolute Gasteiger partial charge is 0.393 e. The maximum Gasteiger partial charge on any atom is 0.0598 e. The highest BCUT2D eigenvalue weighted by atomic mass is 16.3. The molecular weight excluding hydrogens is 196 g/mol. The molecule has 0 saturated heterocycles. The smallest absolute Gasteiger partial charge is 0.0598 e. The highest BCUT2D eigenvalue weighted by molar-refractivity contribution is 4.90. The molecule has 1 heteroatoms. The summed E-state index contributed by atoms with van der Waals surface area (Å²) in [6, 6.07) is 0. The Morgan fingerprint density at radius 3 is 1.50 bits per heavy atom. The van der Waals surface area contributed by atoms with Crippen LogP contribution in [0, 0.1) is 22.2 Å². The third-order valence-corrected chi connectivity index (χ3v) is 4.82. The van der Waals surface area contributed by atoms with Crippen LogP contribution in [0.5, 0.6) is 0 Å². The zero-order valence-corrected chi connectivity index (χ0v) is 12.8. The average Bonchev–Trinajstić information content (AvgIpc) is 1.99. The summed E-state index contributed by atoms with van der Waals surface area (Å²) in [4.78, 5) is 0. The normalized spacial score (nSPS) is 18.4. The van der Waals surface area contributed by atoms with E-state index in [1.54, 1.807) is 0 Å². The molecule has 0 aliphatic carbocycles. The second-order valence-electron chi connectivity index (χ2n) is 7.99. The number of aliphatic hydroxyl groups is 1. The summed E-state index contributed by atoms with van der Waals surface area (Å²) in [5, 5.41) is 10.4. The van der Waals surface area contributed by atoms with Crippen molar-refractivity contribution in [1.82, 2.24) is 0 Å². The van der Waals surface area contributed by atoms with Gasteiger partial charge in [0.25, 0.3) is 0 Å². The van der Waals surface area contributed by atoms with Crippen LogP contribution in [0.1, 0.15) is 68.7 Å². The molecule has 2 unspecified atom stereocenters. The number of hydrogen-bond donors (Lipinski definition) is 1. The Morgan fingerprint density at radius 1 is 0.875 bits per heavy atom. The van der Waals surface area contributed by atoms with Crippen molar-refractivity contribution >= 4 is 0 Å². The van der Waals surface area contributed by atoms with Crippen LogP contribution >= 0.6 is 0 Å². The molecule has 1 N–H and O–H groups in total. The van der Waals surface area contributed by atoms with E-state index < -0.39 is 0 Å². The van der Waals surface area contributed by atoms with E-state index in [1.807, 2.05) is 0 Å². The lowest BCUT2D eigenvalue weighted by atomic mass is 9.63. The van der Waals surface area contributed by atoms with Gasteiger partial charge in [-0.15, -0.1) is 0 Å². The Hall–Kier alpha value is -0.0400. The molecule has 1 nitrogen and oxygen atoms in total. The minimum atomic E-state index is -0.235. The lowest BCUT2D eigenvalue weighted by Crippen LogP contribution is -2.42. The van der Waals surface area contributed by atoms with Crippen molar-refractivity contribution in [3.05, 3.63) is 0 Å². The Labute approximate surface area is 103 Å². The van der Waals surface area contributed by atoms with E-state index in [2.05, 4.69) is 62.3 Å². The zero-order chi connectivity index (χ0) is 13.4. The summed E-state index contributed by atoms with van der Waals surface area (Å²) >= 11 is 0. The first-order valence-corrected chi connectivity index (χ1v) is 6.48. The molecule has 0 amide bonds. The van der Waals surface area contributed by atoms with Crippen molar-refractivity contribution in [2.75, 3.05) is 0 Å². The Bertz CT molecular complexity index is 215. The molecule has 0 radical (unpaired) electrons. The molecule has 16 heavy (non-hydrogen) atoms. The molecule has 98 valence electrons. The van der Waals surface area contributed by atoms with Crippen molar-refractivity contribution in [1.29, 1.82) is 0 Å². The van der Waals surface area contributed by atoms with Gasteiger partial charge in [-0.1, -0.05) is 62.3 Å². The Balaban J connectivity index is 4.66. The summed E-state index contributed by atoms with van der Waals surface area (Å²) < 4.78 is 0. The third-order valence-electron chi connectivity index (χ3n) is 4.82. The van der Waals surface area contributed by atoms with Gasteiger partial charge in [-0.25, -0.2) is 0 Å². The van der Waals surface area contributed by atoms with Gasteiger partial charge in [0.2, 0.25) is 0 Å². The van der Waals surface area contributed by atoms with Crippen LogP contribution in [0.3, 0.4) is 0 Å². The van der Waals surface area contributed by atoms with E-state index in [1.165, 1.54) is 0 Å². The fraction of sp³-hybridized carbons (Fsp3) is 1.00. The van der Waals surface area contributed by atoms with Crippen LogP contribution in [0.15, 0.2) is 0 Å². The molecule has 0 fully saturated rings. The maximum atomic E-state index is 10.4. The molecule has 0 aromatic rings. The number of aliphatic hydroxyl groups excluding tert-OH is 1. The van der Waals surface area contributed by atoms with Crippen molar-refractivity contribution in [3.8, 4) is 0 Å². The molecule has 0 heterocycles. The van der Waals surface area contributed by atoms with Gasteiger partial charge in [-0.3, -0.25) is 0 Å². The fourth-order valence-electron chi connectivity index (χ4n) is 1.48. The van der Waals surface area contributed by atoms with Crippen LogP contribution in [0.25, 0.3) is 0 Å². The van der Waals surface area contributed by atoms with Gasteiger partial charge in [0.05, 0.1) is 6.10 Å². The standard InChI is InChI=1S/C15H32O/c1-11(13(2,3)4)10-12(16)15(8,9)14(5,6)7/h11-12,16H,10H2,1-9H3. The molecule has 0 saturated carbocycles. The predicted molar refractivity (Wildman–Crippen MR) is 72.5 cm³/mol. The number of hydrogen-bond acceptors (Lipinski definition) is 1. The van der Waals surface area contributed by atoms with Crippen molar-refractivity contribution in [2.45, 2.75) is 74.8 Å². The first kappa shape index (κ1) is 16.0. The van der Waals surface area contributed by atoms with Gasteiger partial charge in [0, 0.05) is 0 Å². The Morgan fingerprint density at radius 2 is 1.25 bits per heavy atom. The van der Waals surface area contributed by atoms with Gasteiger partial charge in [-0.2, -0.15) is 0 Å². The molecule has 0 spiro atoms. The quantitative estimate of drug-likeness (QED) is 0.754. The van der Waals surface area contributed by atoms with Crippen LogP contribution in [-0.2, 0) is 0 Å². The van der Waals surface area contributed by atoms with E-state index in [-0.39, 0.29) is 22.3 Å². The summed E-state index contributed by atoms with van der Waals surface area (Å²) in [6.45, 7) is 19.9. The molecule has 0 aliphatic heterocycles. The van der Waals surface area contributed by atoms with Gasteiger partial charge < -0.3 is 5.11 Å². The van der Waals surface area contributed by atoms with Crippen molar-refractivity contribution < 1.29 is 5.11 Å². The molecule has 0 aliphatic rings. The van der Waals surface area contributed by atoms with Gasteiger partial charge in [0.1, 0.15) is 0 Å². The minimum Gasteiger partial charge on any atom is -0.393 e. The molecule has 0 rings (SSSR count). The van der Waals surface area contributed by atoms with E-state index in [4.69, 9.17) is 0 Å². The number of rotatable bonds is 3. The highest BCUT2D eigenvalue weighted by Gasteiger charge is 2.40. The van der Waals surface area contributed by atoms with E-state index in [0.29, 0.717) is 5.92 Å². The lowest BCUT2D eigenvalue weighted by molar-refractivity contribution is -0.0467. The van der Waals surface area contributed by atoms with Crippen molar-refractivity contribution in [2.24, 2.45) is 22.2 Å². The van der Waals surface area contributed by atoms with Crippen LogP contribution in [-0.4, -0.2) is 11.2 Å². The maximum absolute atomic E-state index is 10.4. The highest BCUT2D eigenvalue weighted by Crippen LogP contribution is 2.44. The monoisotopic (exact) mass is 228 g/mol. The third kappa shape index (κ3) is 3.76. The first-order valence-electron chi connectivity index (χ1n) is 6.48. The van der Waals surface area contributed by atoms with Crippen LogP contribution in [0.4, 0.5) is 0 Å². The summed E-state index contributed by atoms with van der Waals surface area (Å²) in [6.07, 6.45) is 0.648. The van der Waals surface area contributed by atoms with Gasteiger partial charge in [0.15, 0.2) is 0 Å². The molecular formula is C15H32O. The average molecular weight is 228 g/mol. The van der Waals surface area contributed by atoms with E-state index in [9.17, 15) is 5.11 Å². The molecule has 0 aromatic carbocycles. The van der Waals surface area contributed by atoms with Crippen LogP contribution in [0.2, 0.25) is 0 Å². The second kappa shape index (κ2) is 4.68. The Kier molecular flexibility index (Phi) is 4.67. The SMILES string of the molecule is CC(CC(O)C(C)(C)C(C)(C)C)C(C)(C)C. The topological polar surface area (TPSA) is 20.2 Å². The van der Waals surface area contributed by atoms with Gasteiger partial charge >= 0.3 is 0 Å². The molecule has 2 atom stereocenters. The minimum absolute atomic E-state index is 0.0491. The zero-order valence-electron chi connectivity index (χ0n) is 12.8. The lowest BCUT2D eigenvalue weighted by Gasteiger charge is -2.44. The van der Waals surface area contributed by atoms with E-state index >= 15 is 0 Å². The fourth-order valence-corrected chi connectivity index (χ4v) is 1.48. The van der Waals surface area contributed by atoms with Gasteiger partial charge in [-0.05, 0) is 28.6 Å². The summed E-state index contributed by atoms with van der Waals surface area (Å²) in [5.41, 5.74) is 0.353. The molecule has 0 aromatic heterocycles. The van der Waals surface area contributed by atoms with Crippen molar-refractivity contribution in [3.63, 3.8) is 0 Å². The summed E-state index contributed by atoms with van der Waals surface area (Å²) in [5.74, 6) is 0.532. The predicted octanol–water partition coefficient (Wildman–Crippen LogP) is 4.49. The molecule has 0 bridgehead atoms. The summed E-state index contributed by atoms with van der Waals surface area (Å²) in [7, 11) is 0. The first-order chi connectivity index (χ1) is 6.80. The second-order valence-corrected chi connectivity index (χ2v) is 7.99.